The predicted octanol–water partition coefficient (Wildman–Crippen LogP) is 2.73. The van der Waals surface area contributed by atoms with Gasteiger partial charge < -0.3 is 10.2 Å². The Morgan fingerprint density at radius 2 is 1.93 bits per heavy atom. The van der Waals surface area contributed by atoms with Crippen LogP contribution in [0.4, 0.5) is 0 Å². The Morgan fingerprint density at radius 3 is 2.36 bits per heavy atom. The van der Waals surface area contributed by atoms with Gasteiger partial charge in [0.2, 0.25) is 0 Å². The maximum Gasteiger partial charge on any atom is 0.153 e. The molecule has 0 atom stereocenters. The van der Waals surface area contributed by atoms with E-state index in [-0.39, 0.29) is 17.9 Å². The lowest BCUT2D eigenvalue weighted by Crippen LogP contribution is -1.82. The quantitative estimate of drug-likeness (QED) is 0.780. The van der Waals surface area contributed by atoms with Crippen molar-refractivity contribution in [3.05, 3.63) is 26.6 Å². The van der Waals surface area contributed by atoms with E-state index in [4.69, 9.17) is 5.11 Å². The van der Waals surface area contributed by atoms with Crippen LogP contribution in [0.25, 0.3) is 0 Å². The number of carbonyl (C=O) groups excluding carboxylic acids is 1. The van der Waals surface area contributed by atoms with E-state index in [2.05, 4.69) is 31.9 Å². The van der Waals surface area contributed by atoms with Crippen molar-refractivity contribution in [3.63, 3.8) is 0 Å². The smallest absolute Gasteiger partial charge is 0.153 e. The normalized spacial score (nSPS) is 8.86. The van der Waals surface area contributed by atoms with Crippen LogP contribution in [0, 0.1) is 0 Å². The van der Waals surface area contributed by atoms with Crippen LogP contribution >= 0.6 is 31.9 Å². The zero-order chi connectivity index (χ0) is 11.1. The summed E-state index contributed by atoms with van der Waals surface area (Å²) in [6.45, 7) is 1.93. The van der Waals surface area contributed by atoms with E-state index in [0.29, 0.717) is 10.8 Å². The van der Waals surface area contributed by atoms with E-state index in [0.717, 1.165) is 4.47 Å². The molecule has 0 saturated carbocycles. The second-order valence-corrected chi connectivity index (χ2v) is 4.03. The van der Waals surface area contributed by atoms with Gasteiger partial charge in [-0.1, -0.05) is 15.9 Å². The van der Waals surface area contributed by atoms with Gasteiger partial charge in [-0.05, 0) is 35.0 Å². The highest BCUT2D eigenvalue weighted by molar-refractivity contribution is 9.11. The Balaban J connectivity index is 0.000000500. The topological polar surface area (TPSA) is 57.5 Å². The van der Waals surface area contributed by atoms with Gasteiger partial charge >= 0.3 is 0 Å². The summed E-state index contributed by atoms with van der Waals surface area (Å²) in [5, 5.41) is 16.8. The van der Waals surface area contributed by atoms with Crippen LogP contribution in [0.3, 0.4) is 0 Å². The molecule has 0 radical (unpaired) electrons. The molecule has 2 N–H and O–H groups in total. The van der Waals surface area contributed by atoms with Gasteiger partial charge in [0.25, 0.3) is 0 Å². The molecule has 0 aliphatic rings. The summed E-state index contributed by atoms with van der Waals surface area (Å²) < 4.78 is 1.26. The summed E-state index contributed by atoms with van der Waals surface area (Å²) in [6, 6.07) is 3.22. The SMILES string of the molecule is CCO.O=Cc1cc(Br)cc(Br)c1O. The van der Waals surface area contributed by atoms with Crippen LogP contribution in [0.2, 0.25) is 0 Å². The number of rotatable bonds is 1. The first-order chi connectivity index (χ1) is 6.56. The summed E-state index contributed by atoms with van der Waals surface area (Å²) in [7, 11) is 0. The van der Waals surface area contributed by atoms with Crippen molar-refractivity contribution < 1.29 is 15.0 Å². The van der Waals surface area contributed by atoms with Gasteiger partial charge in [0.15, 0.2) is 6.29 Å². The van der Waals surface area contributed by atoms with Crippen LogP contribution in [0.15, 0.2) is 21.1 Å². The first-order valence-electron chi connectivity index (χ1n) is 3.80. The van der Waals surface area contributed by atoms with E-state index in [1.54, 1.807) is 19.1 Å². The van der Waals surface area contributed by atoms with Crippen molar-refractivity contribution in [2.45, 2.75) is 6.92 Å². The lowest BCUT2D eigenvalue weighted by Gasteiger charge is -1.99. The van der Waals surface area contributed by atoms with Crippen LogP contribution in [0.1, 0.15) is 17.3 Å². The Kier molecular flexibility index (Phi) is 6.78. The lowest BCUT2D eigenvalue weighted by molar-refractivity contribution is 0.112. The molecule has 1 rings (SSSR count). The van der Waals surface area contributed by atoms with Gasteiger partial charge in [0, 0.05) is 11.1 Å². The summed E-state index contributed by atoms with van der Waals surface area (Å²) in [6.07, 6.45) is 0.602. The second kappa shape index (κ2) is 6.98. The number of aliphatic hydroxyl groups excluding tert-OH is 1. The molecule has 1 aromatic rings. The first kappa shape index (κ1) is 13.6. The van der Waals surface area contributed by atoms with Crippen molar-refractivity contribution in [1.82, 2.24) is 0 Å². The third kappa shape index (κ3) is 4.21. The molecule has 78 valence electrons. The Labute approximate surface area is 99.0 Å². The number of hydrogen-bond acceptors (Lipinski definition) is 3. The molecule has 0 aliphatic carbocycles. The standard InChI is InChI=1S/C7H4Br2O2.C2H6O/c8-5-1-4(3-10)7(11)6(9)2-5;1-2-3/h1-3,11H;3H,2H2,1H3. The number of hydrogen-bond donors (Lipinski definition) is 2. The van der Waals surface area contributed by atoms with Gasteiger partial charge in [0.1, 0.15) is 5.75 Å². The molecule has 0 aliphatic heterocycles. The number of aliphatic hydroxyl groups is 1. The monoisotopic (exact) mass is 324 g/mol. The molecule has 0 aromatic heterocycles. The zero-order valence-electron chi connectivity index (χ0n) is 7.50. The number of aromatic hydroxyl groups is 1. The maximum absolute atomic E-state index is 10.3. The third-order valence-electron chi connectivity index (χ3n) is 1.18. The fraction of sp³-hybridized carbons (Fsp3) is 0.222. The summed E-state index contributed by atoms with van der Waals surface area (Å²) in [5.41, 5.74) is 0.270. The zero-order valence-corrected chi connectivity index (χ0v) is 10.7. The van der Waals surface area contributed by atoms with Crippen LogP contribution in [0.5, 0.6) is 5.75 Å². The number of phenols is 1. The Bertz CT molecular complexity index is 313. The highest BCUT2D eigenvalue weighted by Gasteiger charge is 2.05. The molecule has 0 spiro atoms. The number of aldehydes is 1. The molecular weight excluding hydrogens is 316 g/mol. The average Bonchev–Trinajstić information content (AvgIpc) is 2.12. The van der Waals surface area contributed by atoms with Crippen LogP contribution in [-0.4, -0.2) is 23.1 Å². The minimum Gasteiger partial charge on any atom is -0.506 e. The number of halogens is 2. The molecule has 0 heterocycles. The van der Waals surface area contributed by atoms with E-state index >= 15 is 0 Å². The van der Waals surface area contributed by atoms with E-state index in [1.165, 1.54) is 0 Å². The molecule has 14 heavy (non-hydrogen) atoms. The van der Waals surface area contributed by atoms with Crippen molar-refractivity contribution >= 4 is 38.1 Å². The maximum atomic E-state index is 10.3. The number of benzene rings is 1. The highest BCUT2D eigenvalue weighted by Crippen LogP contribution is 2.30. The van der Waals surface area contributed by atoms with Gasteiger partial charge in [-0.15, -0.1) is 0 Å². The second-order valence-electron chi connectivity index (χ2n) is 2.26. The van der Waals surface area contributed by atoms with E-state index < -0.39 is 0 Å². The first-order valence-corrected chi connectivity index (χ1v) is 5.39. The van der Waals surface area contributed by atoms with Gasteiger partial charge in [-0.2, -0.15) is 0 Å². The van der Waals surface area contributed by atoms with Crippen molar-refractivity contribution in [2.24, 2.45) is 0 Å². The van der Waals surface area contributed by atoms with Gasteiger partial charge in [-0.3, -0.25) is 4.79 Å². The molecule has 5 heteroatoms. The molecular formula is C9H10Br2O3. The molecule has 3 nitrogen and oxygen atoms in total. The largest absolute Gasteiger partial charge is 0.506 e. The molecule has 0 fully saturated rings. The number of phenolic OH excluding ortho intramolecular Hbond substituents is 1. The summed E-state index contributed by atoms with van der Waals surface area (Å²) >= 11 is 6.29. The third-order valence-corrected chi connectivity index (χ3v) is 2.25. The minimum atomic E-state index is -0.0248. The fourth-order valence-electron chi connectivity index (χ4n) is 0.676. The van der Waals surface area contributed by atoms with Gasteiger partial charge in [-0.25, -0.2) is 0 Å². The van der Waals surface area contributed by atoms with Crippen molar-refractivity contribution in [3.8, 4) is 5.75 Å². The average molecular weight is 326 g/mol. The molecule has 0 amide bonds. The number of carbonyl (C=O) groups is 1. The van der Waals surface area contributed by atoms with E-state index in [9.17, 15) is 9.90 Å². The molecule has 0 unspecified atom stereocenters. The highest BCUT2D eigenvalue weighted by atomic mass is 79.9. The summed E-state index contributed by atoms with van der Waals surface area (Å²) in [4.78, 5) is 10.3. The fourth-order valence-corrected chi connectivity index (χ4v) is 1.93. The molecule has 0 bridgehead atoms. The Hall–Kier alpha value is -0.390. The molecule has 0 saturated heterocycles. The molecule has 1 aromatic carbocycles. The van der Waals surface area contributed by atoms with Gasteiger partial charge in [0.05, 0.1) is 10.0 Å². The van der Waals surface area contributed by atoms with Crippen LogP contribution in [-0.2, 0) is 0 Å². The predicted molar refractivity (Wildman–Crippen MR) is 61.7 cm³/mol. The Morgan fingerprint density at radius 1 is 1.43 bits per heavy atom. The lowest BCUT2D eigenvalue weighted by atomic mass is 10.2. The minimum absolute atomic E-state index is 0.0248. The van der Waals surface area contributed by atoms with E-state index in [1.807, 2.05) is 0 Å². The van der Waals surface area contributed by atoms with Crippen molar-refractivity contribution in [1.29, 1.82) is 0 Å². The summed E-state index contributed by atoms with van der Waals surface area (Å²) in [5.74, 6) is -0.0248. The van der Waals surface area contributed by atoms with Crippen molar-refractivity contribution in [2.75, 3.05) is 6.61 Å². The van der Waals surface area contributed by atoms with Crippen LogP contribution < -0.4 is 0 Å².